The monoisotopic (exact) mass is 557 g/mol. The number of anilines is 1. The van der Waals surface area contributed by atoms with Gasteiger partial charge in [-0.1, -0.05) is 25.1 Å². The molecule has 1 amide bonds. The van der Waals surface area contributed by atoms with E-state index in [-0.39, 0.29) is 17.8 Å². The molecule has 1 N–H and O–H groups in total. The minimum atomic E-state index is -0.657. The summed E-state index contributed by atoms with van der Waals surface area (Å²) in [6, 6.07) is 12.3. The van der Waals surface area contributed by atoms with Crippen LogP contribution in [-0.4, -0.2) is 56.2 Å². The number of imidazole rings is 1. The van der Waals surface area contributed by atoms with Crippen LogP contribution in [0, 0.1) is 20.8 Å². The van der Waals surface area contributed by atoms with Gasteiger partial charge < -0.3 is 19.5 Å². The second kappa shape index (κ2) is 11.8. The summed E-state index contributed by atoms with van der Waals surface area (Å²) in [4.78, 5) is 50.8. The first-order valence-corrected chi connectivity index (χ1v) is 13.4. The Bertz CT molecular complexity index is 1580. The van der Waals surface area contributed by atoms with Gasteiger partial charge >= 0.3 is 11.9 Å². The highest BCUT2D eigenvalue weighted by molar-refractivity contribution is 6.06. The molecule has 3 unspecified atom stereocenters. The van der Waals surface area contributed by atoms with E-state index in [2.05, 4.69) is 20.3 Å². The van der Waals surface area contributed by atoms with Crippen LogP contribution >= 0.6 is 0 Å². The molecule has 3 heterocycles. The summed E-state index contributed by atoms with van der Waals surface area (Å²) < 4.78 is 18.8. The van der Waals surface area contributed by atoms with Gasteiger partial charge in [0.15, 0.2) is 23.6 Å². The maximum atomic E-state index is 12.7. The van der Waals surface area contributed by atoms with E-state index in [9.17, 15) is 14.4 Å². The van der Waals surface area contributed by atoms with Gasteiger partial charge in [0.2, 0.25) is 0 Å². The third-order valence-electron chi connectivity index (χ3n) is 7.29. The molecule has 3 atom stereocenters. The van der Waals surface area contributed by atoms with Crippen LogP contribution in [0.3, 0.4) is 0 Å². The summed E-state index contributed by atoms with van der Waals surface area (Å²) in [6.07, 6.45) is 2.39. The first-order valence-electron chi connectivity index (χ1n) is 13.4. The average molecular weight is 558 g/mol. The molecule has 0 saturated carbocycles. The first-order chi connectivity index (χ1) is 19.7. The van der Waals surface area contributed by atoms with Crippen molar-refractivity contribution in [1.82, 2.24) is 19.5 Å². The molecule has 1 aliphatic rings. The molecule has 1 saturated heterocycles. The molecule has 2 aromatic heterocycles. The van der Waals surface area contributed by atoms with Gasteiger partial charge in [0.05, 0.1) is 18.0 Å². The van der Waals surface area contributed by atoms with Crippen molar-refractivity contribution in [2.75, 3.05) is 11.9 Å². The van der Waals surface area contributed by atoms with Crippen molar-refractivity contribution in [3.63, 3.8) is 0 Å². The Hall–Kier alpha value is -4.64. The van der Waals surface area contributed by atoms with Crippen molar-refractivity contribution in [2.45, 2.75) is 59.0 Å². The van der Waals surface area contributed by atoms with Crippen LogP contribution in [0.25, 0.3) is 11.2 Å². The maximum Gasteiger partial charge on any atom is 0.344 e. The lowest BCUT2D eigenvalue weighted by molar-refractivity contribution is -0.155. The van der Waals surface area contributed by atoms with E-state index in [0.717, 1.165) is 16.7 Å². The lowest BCUT2D eigenvalue weighted by Gasteiger charge is -2.17. The fourth-order valence-electron chi connectivity index (χ4n) is 4.85. The van der Waals surface area contributed by atoms with E-state index in [1.165, 1.54) is 6.33 Å². The Balaban J connectivity index is 1.23. The van der Waals surface area contributed by atoms with Crippen molar-refractivity contribution in [3.8, 4) is 0 Å². The fourth-order valence-corrected chi connectivity index (χ4v) is 4.85. The largest absolute Gasteiger partial charge is 0.457 e. The van der Waals surface area contributed by atoms with Gasteiger partial charge in [-0.25, -0.2) is 24.5 Å². The molecule has 41 heavy (non-hydrogen) atoms. The average Bonchev–Trinajstić information content (AvgIpc) is 3.59. The highest BCUT2D eigenvalue weighted by Crippen LogP contribution is 2.34. The SMILES string of the molecule is CCC1OC(n2cnc3c(NC(=O)c4ccccc4)ncnc32)CC1OC(=O)COC(=O)c1cc(C)c(C)c(C)c1. The molecule has 4 aromatic rings. The van der Waals surface area contributed by atoms with Gasteiger partial charge in [-0.2, -0.15) is 0 Å². The Morgan fingerprint density at radius 2 is 1.76 bits per heavy atom. The number of hydrogen-bond acceptors (Lipinski definition) is 9. The number of nitrogens with one attached hydrogen (secondary N) is 1. The molecule has 2 aromatic carbocycles. The van der Waals surface area contributed by atoms with Crippen LogP contribution < -0.4 is 5.32 Å². The molecule has 0 spiro atoms. The Morgan fingerprint density at radius 3 is 2.46 bits per heavy atom. The van der Waals surface area contributed by atoms with Gasteiger partial charge in [-0.3, -0.25) is 9.36 Å². The zero-order valence-electron chi connectivity index (χ0n) is 23.3. The number of rotatable bonds is 8. The van der Waals surface area contributed by atoms with E-state index < -0.39 is 30.9 Å². The molecule has 11 heteroatoms. The van der Waals surface area contributed by atoms with Crippen LogP contribution in [0.5, 0.6) is 0 Å². The number of ether oxygens (including phenoxy) is 3. The summed E-state index contributed by atoms with van der Waals surface area (Å²) in [6.45, 7) is 7.26. The van der Waals surface area contributed by atoms with Crippen molar-refractivity contribution in [2.24, 2.45) is 0 Å². The molecule has 1 fully saturated rings. The Morgan fingerprint density at radius 1 is 1.02 bits per heavy atom. The third-order valence-corrected chi connectivity index (χ3v) is 7.29. The van der Waals surface area contributed by atoms with Crippen molar-refractivity contribution in [3.05, 3.63) is 82.9 Å². The minimum absolute atomic E-state index is 0.274. The predicted molar refractivity (Wildman–Crippen MR) is 149 cm³/mol. The van der Waals surface area contributed by atoms with Crippen LogP contribution in [0.4, 0.5) is 5.82 Å². The minimum Gasteiger partial charge on any atom is -0.457 e. The lowest BCUT2D eigenvalue weighted by atomic mass is 10.0. The molecular weight excluding hydrogens is 526 g/mol. The number of hydrogen-bond donors (Lipinski definition) is 1. The molecule has 0 bridgehead atoms. The third kappa shape index (κ3) is 5.94. The van der Waals surface area contributed by atoms with Gasteiger partial charge in [0, 0.05) is 12.0 Å². The van der Waals surface area contributed by atoms with Crippen molar-refractivity contribution in [1.29, 1.82) is 0 Å². The quantitative estimate of drug-likeness (QED) is 0.311. The Kier molecular flexibility index (Phi) is 8.06. The number of amides is 1. The molecule has 5 rings (SSSR count). The number of esters is 2. The molecule has 0 aliphatic carbocycles. The van der Waals surface area contributed by atoms with E-state index >= 15 is 0 Å². The van der Waals surface area contributed by atoms with Gasteiger partial charge in [-0.05, 0) is 68.1 Å². The standard InChI is InChI=1S/C30H31N5O6/c1-5-22-23(41-25(36)14-39-30(38)21-11-17(2)19(4)18(3)12-21)13-24(40-22)35-16-33-26-27(31-15-32-28(26)35)34-29(37)20-9-7-6-8-10-20/h6-12,15-16,22-24H,5,13-14H2,1-4H3,(H,31,32,34,37). The number of benzene rings is 2. The van der Waals surface area contributed by atoms with Crippen LogP contribution in [-0.2, 0) is 19.0 Å². The number of nitrogens with zero attached hydrogens (tertiary/aromatic N) is 4. The van der Waals surface area contributed by atoms with E-state index in [4.69, 9.17) is 14.2 Å². The Labute approximate surface area is 236 Å². The van der Waals surface area contributed by atoms with E-state index in [1.54, 1.807) is 47.3 Å². The number of carbonyl (C=O) groups excluding carboxylic acids is 3. The van der Waals surface area contributed by atoms with Crippen LogP contribution in [0.1, 0.15) is 63.4 Å². The lowest BCUT2D eigenvalue weighted by Crippen LogP contribution is -2.29. The highest BCUT2D eigenvalue weighted by atomic mass is 16.6. The summed E-state index contributed by atoms with van der Waals surface area (Å²) in [5.74, 6) is -1.28. The molecular formula is C30H31N5O6. The van der Waals surface area contributed by atoms with Gasteiger partial charge in [0.1, 0.15) is 18.7 Å². The van der Waals surface area contributed by atoms with E-state index in [1.807, 2.05) is 33.8 Å². The zero-order valence-corrected chi connectivity index (χ0v) is 23.3. The maximum absolute atomic E-state index is 12.7. The van der Waals surface area contributed by atoms with Crippen LogP contribution in [0.15, 0.2) is 55.1 Å². The molecule has 11 nitrogen and oxygen atoms in total. The summed E-state index contributed by atoms with van der Waals surface area (Å²) in [5.41, 5.74) is 4.80. The molecule has 1 aliphatic heterocycles. The first kappa shape index (κ1) is 27.9. The number of fused-ring (bicyclic) bond motifs is 1. The van der Waals surface area contributed by atoms with E-state index in [0.29, 0.717) is 35.1 Å². The van der Waals surface area contributed by atoms with Gasteiger partial charge in [0.25, 0.3) is 5.91 Å². The summed E-state index contributed by atoms with van der Waals surface area (Å²) in [7, 11) is 0. The zero-order chi connectivity index (χ0) is 29.1. The smallest absolute Gasteiger partial charge is 0.344 e. The summed E-state index contributed by atoms with van der Waals surface area (Å²) in [5, 5.41) is 2.79. The predicted octanol–water partition coefficient (Wildman–Crippen LogP) is 4.47. The number of aryl methyl sites for hydroxylation is 2. The summed E-state index contributed by atoms with van der Waals surface area (Å²) >= 11 is 0. The van der Waals surface area contributed by atoms with Crippen LogP contribution in [0.2, 0.25) is 0 Å². The second-order valence-electron chi connectivity index (χ2n) is 9.98. The normalized spacial score (nSPS) is 18.3. The van der Waals surface area contributed by atoms with Crippen molar-refractivity contribution >= 4 is 34.8 Å². The van der Waals surface area contributed by atoms with Crippen molar-refractivity contribution < 1.29 is 28.6 Å². The number of aromatic nitrogens is 4. The second-order valence-corrected chi connectivity index (χ2v) is 9.98. The topological polar surface area (TPSA) is 135 Å². The number of carbonyl (C=O) groups is 3. The van der Waals surface area contributed by atoms with Gasteiger partial charge in [-0.15, -0.1) is 0 Å². The highest BCUT2D eigenvalue weighted by Gasteiger charge is 2.38. The fraction of sp³-hybridized carbons (Fsp3) is 0.333. The molecule has 0 radical (unpaired) electrons. The molecule has 212 valence electrons.